The third kappa shape index (κ3) is 4.33. The number of hydrogen-bond donors (Lipinski definition) is 2. The highest BCUT2D eigenvalue weighted by Crippen LogP contribution is 2.17. The molecule has 2 N–H and O–H groups in total. The second-order valence-electron chi connectivity index (χ2n) is 5.51. The molecule has 3 aromatic rings. The zero-order chi connectivity index (χ0) is 17.6. The number of anilines is 2. The van der Waals surface area contributed by atoms with E-state index in [9.17, 15) is 9.59 Å². The molecule has 2 aromatic carbocycles. The first-order valence-corrected chi connectivity index (χ1v) is 8.89. The fraction of sp³-hybridized carbons (Fsp3) is 0.100. The van der Waals surface area contributed by atoms with Crippen molar-refractivity contribution >= 4 is 34.5 Å². The standard InChI is InChI=1S/C20H18N2O2S/c1-2-14-5-7-15(8-6-14)19(23)21-16-9-11-17(12-10-16)22-20(24)18-4-3-13-25-18/h3-13H,2H2,1H3,(H,21,23)(H,22,24). The van der Waals surface area contributed by atoms with Crippen molar-refractivity contribution in [1.29, 1.82) is 0 Å². The summed E-state index contributed by atoms with van der Waals surface area (Å²) in [6, 6.07) is 18.2. The summed E-state index contributed by atoms with van der Waals surface area (Å²) in [5.74, 6) is -0.291. The largest absolute Gasteiger partial charge is 0.322 e. The zero-order valence-corrected chi connectivity index (χ0v) is 14.6. The van der Waals surface area contributed by atoms with Gasteiger partial charge in [-0.25, -0.2) is 0 Å². The van der Waals surface area contributed by atoms with Crippen LogP contribution in [-0.4, -0.2) is 11.8 Å². The molecule has 3 rings (SSSR count). The molecule has 0 radical (unpaired) electrons. The van der Waals surface area contributed by atoms with Crippen LogP contribution >= 0.6 is 11.3 Å². The van der Waals surface area contributed by atoms with Gasteiger partial charge in [0.25, 0.3) is 11.8 Å². The highest BCUT2D eigenvalue weighted by molar-refractivity contribution is 7.12. The molecule has 2 amide bonds. The Morgan fingerprint density at radius 2 is 1.44 bits per heavy atom. The van der Waals surface area contributed by atoms with Gasteiger partial charge in [-0.15, -0.1) is 11.3 Å². The molecule has 4 nitrogen and oxygen atoms in total. The molecule has 126 valence electrons. The predicted octanol–water partition coefficient (Wildman–Crippen LogP) is 4.82. The van der Waals surface area contributed by atoms with Gasteiger partial charge in [0, 0.05) is 16.9 Å². The average Bonchev–Trinajstić information content (AvgIpc) is 3.18. The van der Waals surface area contributed by atoms with E-state index in [1.165, 1.54) is 16.9 Å². The molecule has 1 aromatic heterocycles. The topological polar surface area (TPSA) is 58.2 Å². The lowest BCUT2D eigenvalue weighted by Gasteiger charge is -2.08. The normalized spacial score (nSPS) is 10.3. The Morgan fingerprint density at radius 3 is 1.96 bits per heavy atom. The van der Waals surface area contributed by atoms with Crippen LogP contribution < -0.4 is 10.6 Å². The second-order valence-corrected chi connectivity index (χ2v) is 6.46. The summed E-state index contributed by atoms with van der Waals surface area (Å²) in [6.45, 7) is 2.08. The van der Waals surface area contributed by atoms with Crippen LogP contribution in [0.5, 0.6) is 0 Å². The summed E-state index contributed by atoms with van der Waals surface area (Å²) in [5, 5.41) is 7.54. The highest BCUT2D eigenvalue weighted by atomic mass is 32.1. The van der Waals surface area contributed by atoms with Crippen molar-refractivity contribution in [3.8, 4) is 0 Å². The molecule has 25 heavy (non-hydrogen) atoms. The average molecular weight is 350 g/mol. The summed E-state index contributed by atoms with van der Waals surface area (Å²) < 4.78 is 0. The van der Waals surface area contributed by atoms with Crippen LogP contribution in [0.25, 0.3) is 0 Å². The first-order valence-electron chi connectivity index (χ1n) is 8.01. The molecular weight excluding hydrogens is 332 g/mol. The number of hydrogen-bond acceptors (Lipinski definition) is 3. The van der Waals surface area contributed by atoms with E-state index in [1.807, 2.05) is 35.7 Å². The number of amides is 2. The molecule has 0 bridgehead atoms. The van der Waals surface area contributed by atoms with Gasteiger partial charge in [-0.05, 0) is 59.8 Å². The summed E-state index contributed by atoms with van der Waals surface area (Å²) in [5.41, 5.74) is 3.18. The molecule has 0 atom stereocenters. The fourth-order valence-corrected chi connectivity index (χ4v) is 2.95. The first-order chi connectivity index (χ1) is 12.2. The van der Waals surface area contributed by atoms with Crippen molar-refractivity contribution in [1.82, 2.24) is 0 Å². The van der Waals surface area contributed by atoms with E-state index in [-0.39, 0.29) is 11.8 Å². The third-order valence-corrected chi connectivity index (χ3v) is 4.64. The summed E-state index contributed by atoms with van der Waals surface area (Å²) >= 11 is 1.39. The highest BCUT2D eigenvalue weighted by Gasteiger charge is 2.08. The van der Waals surface area contributed by atoms with Crippen LogP contribution in [0, 0.1) is 0 Å². The van der Waals surface area contributed by atoms with Gasteiger partial charge in [0.15, 0.2) is 0 Å². The minimum Gasteiger partial charge on any atom is -0.322 e. The van der Waals surface area contributed by atoms with Crippen molar-refractivity contribution in [2.24, 2.45) is 0 Å². The molecule has 0 unspecified atom stereocenters. The van der Waals surface area contributed by atoms with Gasteiger partial charge in [-0.2, -0.15) is 0 Å². The Bertz CT molecular complexity index is 854. The monoisotopic (exact) mass is 350 g/mol. The van der Waals surface area contributed by atoms with Gasteiger partial charge in [0.2, 0.25) is 0 Å². The molecule has 5 heteroatoms. The van der Waals surface area contributed by atoms with Gasteiger partial charge in [-0.3, -0.25) is 9.59 Å². The number of benzene rings is 2. The Morgan fingerprint density at radius 1 is 0.840 bits per heavy atom. The van der Waals surface area contributed by atoms with Crippen molar-refractivity contribution in [3.05, 3.63) is 82.0 Å². The minimum absolute atomic E-state index is 0.136. The Balaban J connectivity index is 1.61. The molecule has 1 heterocycles. The number of carbonyl (C=O) groups excluding carboxylic acids is 2. The Labute approximate surface area is 150 Å². The van der Waals surface area contributed by atoms with E-state index >= 15 is 0 Å². The lowest BCUT2D eigenvalue weighted by atomic mass is 10.1. The maximum Gasteiger partial charge on any atom is 0.265 e. The SMILES string of the molecule is CCc1ccc(C(=O)Nc2ccc(NC(=O)c3cccs3)cc2)cc1. The lowest BCUT2D eigenvalue weighted by molar-refractivity contribution is 0.102. The number of carbonyl (C=O) groups is 2. The predicted molar refractivity (Wildman–Crippen MR) is 102 cm³/mol. The van der Waals surface area contributed by atoms with Crippen LogP contribution in [-0.2, 0) is 6.42 Å². The maximum atomic E-state index is 12.3. The maximum absolute atomic E-state index is 12.3. The Hall–Kier alpha value is -2.92. The molecule has 0 aliphatic rings. The lowest BCUT2D eigenvalue weighted by Crippen LogP contribution is -2.12. The molecule has 0 spiro atoms. The Kier molecular flexibility index (Phi) is 5.26. The zero-order valence-electron chi connectivity index (χ0n) is 13.8. The van der Waals surface area contributed by atoms with Gasteiger partial charge < -0.3 is 10.6 Å². The number of rotatable bonds is 5. The van der Waals surface area contributed by atoms with Gasteiger partial charge >= 0.3 is 0 Å². The van der Waals surface area contributed by atoms with E-state index in [1.54, 1.807) is 30.3 Å². The molecule has 0 aliphatic carbocycles. The molecule has 0 aliphatic heterocycles. The van der Waals surface area contributed by atoms with Crippen molar-refractivity contribution < 1.29 is 9.59 Å². The van der Waals surface area contributed by atoms with Crippen LogP contribution in [0.15, 0.2) is 66.0 Å². The quantitative estimate of drug-likeness (QED) is 0.693. The van der Waals surface area contributed by atoms with E-state index in [0.717, 1.165) is 6.42 Å². The second kappa shape index (κ2) is 7.77. The first kappa shape index (κ1) is 16.9. The molecule has 0 saturated carbocycles. The van der Waals surface area contributed by atoms with Crippen LogP contribution in [0.2, 0.25) is 0 Å². The summed E-state index contributed by atoms with van der Waals surface area (Å²) in [6.07, 6.45) is 0.945. The number of aryl methyl sites for hydroxylation is 1. The smallest absolute Gasteiger partial charge is 0.265 e. The van der Waals surface area contributed by atoms with Crippen molar-refractivity contribution in [2.45, 2.75) is 13.3 Å². The minimum atomic E-state index is -0.155. The summed E-state index contributed by atoms with van der Waals surface area (Å²) in [7, 11) is 0. The summed E-state index contributed by atoms with van der Waals surface area (Å²) in [4.78, 5) is 24.9. The van der Waals surface area contributed by atoms with Crippen molar-refractivity contribution in [2.75, 3.05) is 10.6 Å². The van der Waals surface area contributed by atoms with Crippen LogP contribution in [0.4, 0.5) is 11.4 Å². The molecule has 0 saturated heterocycles. The van der Waals surface area contributed by atoms with Gasteiger partial charge in [0.05, 0.1) is 4.88 Å². The number of thiophene rings is 1. The van der Waals surface area contributed by atoms with Gasteiger partial charge in [-0.1, -0.05) is 25.1 Å². The van der Waals surface area contributed by atoms with E-state index in [0.29, 0.717) is 21.8 Å². The van der Waals surface area contributed by atoms with Crippen LogP contribution in [0.1, 0.15) is 32.5 Å². The fourth-order valence-electron chi connectivity index (χ4n) is 2.33. The molecular formula is C20H18N2O2S. The van der Waals surface area contributed by atoms with E-state index in [4.69, 9.17) is 0 Å². The van der Waals surface area contributed by atoms with Gasteiger partial charge in [0.1, 0.15) is 0 Å². The van der Waals surface area contributed by atoms with Crippen molar-refractivity contribution in [3.63, 3.8) is 0 Å². The van der Waals surface area contributed by atoms with Crippen LogP contribution in [0.3, 0.4) is 0 Å². The number of nitrogens with one attached hydrogen (secondary N) is 2. The molecule has 0 fully saturated rings. The third-order valence-electron chi connectivity index (χ3n) is 3.77. The van der Waals surface area contributed by atoms with E-state index in [2.05, 4.69) is 17.6 Å². The van der Waals surface area contributed by atoms with E-state index < -0.39 is 0 Å².